The van der Waals surface area contributed by atoms with E-state index in [1.165, 1.54) is 0 Å². The molecule has 0 spiro atoms. The molecule has 1 aromatic rings. The van der Waals surface area contributed by atoms with E-state index in [1.54, 1.807) is 24.3 Å². The normalized spacial score (nSPS) is 9.38. The summed E-state index contributed by atoms with van der Waals surface area (Å²) in [6.45, 7) is 0.0707. The summed E-state index contributed by atoms with van der Waals surface area (Å²) in [5.74, 6) is -2.34. The summed E-state index contributed by atoms with van der Waals surface area (Å²) in [4.78, 5) is 32.4. The van der Waals surface area contributed by atoms with Crippen LogP contribution in [0.2, 0.25) is 0 Å². The molecular weight excluding hydrogens is 278 g/mol. The fourth-order valence-corrected chi connectivity index (χ4v) is 1.29. The second-order valence-corrected chi connectivity index (χ2v) is 3.92. The third kappa shape index (κ3) is 6.11. The molecule has 0 saturated carbocycles. The van der Waals surface area contributed by atoms with Crippen LogP contribution < -0.4 is 5.32 Å². The Bertz CT molecular complexity index is 558. The summed E-state index contributed by atoms with van der Waals surface area (Å²) >= 11 is 0. The number of rotatable bonds is 5. The van der Waals surface area contributed by atoms with Gasteiger partial charge in [-0.2, -0.15) is 0 Å². The number of hydrogen-bond donors (Lipinski definition) is 3. The summed E-state index contributed by atoms with van der Waals surface area (Å²) in [6.07, 6.45) is -1.21. The summed E-state index contributed by atoms with van der Waals surface area (Å²) in [6, 6.07) is 11.2. The van der Waals surface area contributed by atoms with Crippen molar-refractivity contribution < 1.29 is 29.3 Å². The third-order valence-corrected chi connectivity index (χ3v) is 2.37. The summed E-state index contributed by atoms with van der Waals surface area (Å²) in [5.41, 5.74) is 0.803. The second-order valence-electron chi connectivity index (χ2n) is 3.92. The predicted octanol–water partition coefficient (Wildman–Crippen LogP) is 1.05. The maximum absolute atomic E-state index is 11.3. The molecule has 1 rings (SSSR count). The van der Waals surface area contributed by atoms with Crippen LogP contribution in [0.25, 0.3) is 0 Å². The van der Waals surface area contributed by atoms with Crippen LogP contribution in [-0.2, 0) is 20.9 Å². The topological polar surface area (TPSA) is 113 Å². The molecule has 0 aliphatic heterocycles. The molecule has 7 nitrogen and oxygen atoms in total. The van der Waals surface area contributed by atoms with Crippen molar-refractivity contribution in [2.75, 3.05) is 0 Å². The summed E-state index contributed by atoms with van der Waals surface area (Å²) < 4.78 is 4.84. The van der Waals surface area contributed by atoms with Crippen molar-refractivity contribution in [1.29, 1.82) is 0 Å². The Morgan fingerprint density at radius 3 is 2.33 bits per heavy atom. The van der Waals surface area contributed by atoms with Crippen LogP contribution in [0.5, 0.6) is 0 Å². The van der Waals surface area contributed by atoms with E-state index in [-0.39, 0.29) is 6.61 Å². The Labute approximate surface area is 120 Å². The number of carbonyl (C=O) groups excluding carboxylic acids is 1. The lowest BCUT2D eigenvalue weighted by Gasteiger charge is -2.03. The maximum atomic E-state index is 11.3. The average Bonchev–Trinajstić information content (AvgIpc) is 2.45. The number of aliphatic carboxylic acids is 2. The van der Waals surface area contributed by atoms with Crippen LogP contribution in [0.1, 0.15) is 12.0 Å². The first-order chi connectivity index (χ1) is 10.0. The van der Waals surface area contributed by atoms with Gasteiger partial charge in [0.05, 0.1) is 0 Å². The van der Waals surface area contributed by atoms with E-state index in [0.29, 0.717) is 0 Å². The molecule has 0 unspecified atom stereocenters. The third-order valence-electron chi connectivity index (χ3n) is 2.37. The fraction of sp³-hybridized carbons (Fsp3) is 0.214. The molecule has 0 fully saturated rings. The zero-order valence-electron chi connectivity index (χ0n) is 10.9. The number of ether oxygens (including phenoxy) is 1. The van der Waals surface area contributed by atoms with Gasteiger partial charge in [-0.1, -0.05) is 36.3 Å². The van der Waals surface area contributed by atoms with E-state index in [4.69, 9.17) is 14.9 Å². The highest BCUT2D eigenvalue weighted by Gasteiger charge is 2.24. The van der Waals surface area contributed by atoms with Crippen molar-refractivity contribution >= 4 is 18.0 Å². The van der Waals surface area contributed by atoms with Crippen LogP contribution >= 0.6 is 0 Å². The quantitative estimate of drug-likeness (QED) is 0.424. The molecule has 1 aromatic carbocycles. The van der Waals surface area contributed by atoms with E-state index in [0.717, 1.165) is 5.56 Å². The van der Waals surface area contributed by atoms with Crippen molar-refractivity contribution in [3.05, 3.63) is 35.9 Å². The molecule has 21 heavy (non-hydrogen) atoms. The van der Waals surface area contributed by atoms with Crippen molar-refractivity contribution in [2.45, 2.75) is 13.0 Å². The number of carbonyl (C=O) groups is 3. The van der Waals surface area contributed by atoms with Gasteiger partial charge >= 0.3 is 18.0 Å². The minimum Gasteiger partial charge on any atom is -0.481 e. The van der Waals surface area contributed by atoms with E-state index in [2.05, 4.69) is 17.3 Å². The standard InChI is InChI=1S/C14H13NO6/c16-12(17)11(13(18)19)7-4-8-15-14(20)21-9-10-5-2-1-3-6-10/h1-3,5-6,11H,7,9H2,(H,15,20)(H,16,17)(H,18,19). The van der Waals surface area contributed by atoms with Gasteiger partial charge in [0, 0.05) is 12.5 Å². The second kappa shape index (κ2) is 8.22. The lowest BCUT2D eigenvalue weighted by molar-refractivity contribution is -0.154. The van der Waals surface area contributed by atoms with Gasteiger partial charge in [0.15, 0.2) is 5.92 Å². The molecule has 110 valence electrons. The average molecular weight is 291 g/mol. The van der Waals surface area contributed by atoms with Gasteiger partial charge in [-0.3, -0.25) is 9.59 Å². The predicted molar refractivity (Wildman–Crippen MR) is 70.9 cm³/mol. The molecular formula is C14H13NO6. The first kappa shape index (κ1) is 16.0. The van der Waals surface area contributed by atoms with Gasteiger partial charge in [0.2, 0.25) is 0 Å². The Kier molecular flexibility index (Phi) is 6.28. The van der Waals surface area contributed by atoms with Gasteiger partial charge in [0.25, 0.3) is 0 Å². The molecule has 0 aromatic heterocycles. The Balaban J connectivity index is 2.35. The van der Waals surface area contributed by atoms with E-state index in [9.17, 15) is 14.4 Å². The maximum Gasteiger partial charge on any atom is 0.419 e. The van der Waals surface area contributed by atoms with Crippen molar-refractivity contribution in [2.24, 2.45) is 5.92 Å². The molecule has 0 radical (unpaired) electrons. The number of benzene rings is 1. The number of alkyl carbamates (subject to hydrolysis) is 1. The van der Waals surface area contributed by atoms with E-state index >= 15 is 0 Å². The fourth-order valence-electron chi connectivity index (χ4n) is 1.29. The first-order valence-corrected chi connectivity index (χ1v) is 5.91. The number of hydrogen-bond acceptors (Lipinski definition) is 4. The SMILES string of the molecule is O=C(NC#CCC(C(=O)O)C(=O)O)OCc1ccccc1. The number of carboxylic acids is 2. The molecule has 0 heterocycles. The van der Waals surface area contributed by atoms with Crippen molar-refractivity contribution in [3.63, 3.8) is 0 Å². The molecule has 3 N–H and O–H groups in total. The zero-order chi connectivity index (χ0) is 15.7. The smallest absolute Gasteiger partial charge is 0.419 e. The van der Waals surface area contributed by atoms with Crippen LogP contribution in [-0.4, -0.2) is 28.2 Å². The molecule has 0 aliphatic carbocycles. The Morgan fingerprint density at radius 2 is 1.76 bits per heavy atom. The van der Waals surface area contributed by atoms with Crippen LogP contribution in [0.15, 0.2) is 30.3 Å². The highest BCUT2D eigenvalue weighted by atomic mass is 16.5. The molecule has 0 atom stereocenters. The lowest BCUT2D eigenvalue weighted by atomic mass is 10.1. The van der Waals surface area contributed by atoms with Crippen LogP contribution in [0, 0.1) is 17.9 Å². The minimum atomic E-state index is -1.63. The first-order valence-electron chi connectivity index (χ1n) is 5.91. The largest absolute Gasteiger partial charge is 0.481 e. The van der Waals surface area contributed by atoms with Gasteiger partial charge in [-0.05, 0) is 5.56 Å². The van der Waals surface area contributed by atoms with E-state index < -0.39 is 30.4 Å². The van der Waals surface area contributed by atoms with Crippen LogP contribution in [0.3, 0.4) is 0 Å². The Hall–Kier alpha value is -3.01. The molecule has 7 heteroatoms. The van der Waals surface area contributed by atoms with Crippen LogP contribution in [0.4, 0.5) is 4.79 Å². The highest BCUT2D eigenvalue weighted by molar-refractivity contribution is 5.93. The zero-order valence-corrected chi connectivity index (χ0v) is 10.9. The van der Waals surface area contributed by atoms with E-state index in [1.807, 2.05) is 6.07 Å². The molecule has 0 saturated heterocycles. The number of amides is 1. The number of carboxylic acid groups (broad SMARTS) is 2. The summed E-state index contributed by atoms with van der Waals surface area (Å²) in [7, 11) is 0. The van der Waals surface area contributed by atoms with Crippen molar-refractivity contribution in [1.82, 2.24) is 5.32 Å². The highest BCUT2D eigenvalue weighted by Crippen LogP contribution is 2.02. The Morgan fingerprint density at radius 1 is 1.14 bits per heavy atom. The molecule has 1 amide bonds. The minimum absolute atomic E-state index is 0.0707. The monoisotopic (exact) mass is 291 g/mol. The van der Waals surface area contributed by atoms with Gasteiger partial charge < -0.3 is 14.9 Å². The van der Waals surface area contributed by atoms with Crippen molar-refractivity contribution in [3.8, 4) is 12.0 Å². The van der Waals surface area contributed by atoms with Gasteiger partial charge in [0.1, 0.15) is 6.61 Å². The summed E-state index contributed by atoms with van der Waals surface area (Å²) in [5, 5.41) is 19.3. The lowest BCUT2D eigenvalue weighted by Crippen LogP contribution is -2.23. The number of nitrogens with one attached hydrogen (secondary N) is 1. The molecule has 0 bridgehead atoms. The molecule has 0 aliphatic rings. The van der Waals surface area contributed by atoms with Gasteiger partial charge in [-0.25, -0.2) is 10.1 Å². The van der Waals surface area contributed by atoms with Gasteiger partial charge in [-0.15, -0.1) is 0 Å².